The average molecular weight is 376 g/mol. The second-order valence-electron chi connectivity index (χ2n) is 6.41. The van der Waals surface area contributed by atoms with E-state index in [1.165, 1.54) is 17.7 Å². The molecule has 0 spiro atoms. The van der Waals surface area contributed by atoms with Gasteiger partial charge in [-0.2, -0.15) is 0 Å². The first kappa shape index (κ1) is 20.6. The van der Waals surface area contributed by atoms with Crippen LogP contribution >= 0.6 is 0 Å². The van der Waals surface area contributed by atoms with E-state index in [9.17, 15) is 14.0 Å². The van der Waals surface area contributed by atoms with Crippen molar-refractivity contribution in [1.82, 2.24) is 4.57 Å². The number of nitrogens with two attached hydrogens (primary N) is 1. The van der Waals surface area contributed by atoms with Gasteiger partial charge in [-0.15, -0.1) is 0 Å². The molecule has 0 aliphatic carbocycles. The molecule has 0 radical (unpaired) electrons. The van der Waals surface area contributed by atoms with E-state index in [2.05, 4.69) is 0 Å². The quantitative estimate of drug-likeness (QED) is 0.784. The highest BCUT2D eigenvalue weighted by Crippen LogP contribution is 2.32. The number of carbonyl (C=O) groups excluding carboxylic acids is 1. The number of methoxy groups -OCH3 is 1. The molecular formula is C20H25FN2O4. The average Bonchev–Trinajstić information content (AvgIpc) is 2.61. The second kappa shape index (κ2) is 8.35. The third-order valence-corrected chi connectivity index (χ3v) is 4.52. The number of halogens is 1. The van der Waals surface area contributed by atoms with Crippen molar-refractivity contribution in [3.05, 3.63) is 51.2 Å². The fourth-order valence-corrected chi connectivity index (χ4v) is 2.94. The maximum absolute atomic E-state index is 14.7. The summed E-state index contributed by atoms with van der Waals surface area (Å²) in [5.41, 5.74) is 7.81. The zero-order valence-electron chi connectivity index (χ0n) is 16.3. The number of hydrogen-bond acceptors (Lipinski definition) is 5. The highest BCUT2D eigenvalue weighted by atomic mass is 19.1. The third-order valence-electron chi connectivity index (χ3n) is 4.52. The number of nitrogens with zero attached hydrogens (tertiary/aromatic N) is 1. The molecule has 0 fully saturated rings. The zero-order valence-corrected chi connectivity index (χ0v) is 16.3. The van der Waals surface area contributed by atoms with E-state index in [0.29, 0.717) is 22.4 Å². The van der Waals surface area contributed by atoms with Crippen LogP contribution in [0.3, 0.4) is 0 Å². The number of hydrogen-bond donors (Lipinski definition) is 1. The van der Waals surface area contributed by atoms with Crippen molar-refractivity contribution in [3.63, 3.8) is 0 Å². The Balaban J connectivity index is 2.62. The maximum atomic E-state index is 14.7. The van der Waals surface area contributed by atoms with E-state index < -0.39 is 17.8 Å². The van der Waals surface area contributed by atoms with Crippen LogP contribution in [0.2, 0.25) is 0 Å². The van der Waals surface area contributed by atoms with Crippen molar-refractivity contribution in [2.24, 2.45) is 12.8 Å². The molecule has 1 atom stereocenters. The van der Waals surface area contributed by atoms with E-state index in [-0.39, 0.29) is 24.2 Å². The SMILES string of the molecule is CCOC(=O)CC(N)c1cc(-c2c(OC)cc(C)n(C)c2=O)cc(C)c1F. The zero-order chi connectivity index (χ0) is 20.3. The van der Waals surface area contributed by atoms with Crippen LogP contribution in [0.1, 0.15) is 36.2 Å². The third kappa shape index (κ3) is 4.19. The van der Waals surface area contributed by atoms with E-state index in [1.54, 1.807) is 40.0 Å². The minimum atomic E-state index is -0.886. The monoisotopic (exact) mass is 376 g/mol. The molecule has 27 heavy (non-hydrogen) atoms. The molecule has 1 unspecified atom stereocenters. The van der Waals surface area contributed by atoms with Gasteiger partial charge in [0, 0.05) is 30.4 Å². The minimum absolute atomic E-state index is 0.155. The van der Waals surface area contributed by atoms with Crippen LogP contribution < -0.4 is 16.0 Å². The summed E-state index contributed by atoms with van der Waals surface area (Å²) in [4.78, 5) is 24.5. The molecule has 0 saturated carbocycles. The van der Waals surface area contributed by atoms with Crippen LogP contribution in [0.4, 0.5) is 4.39 Å². The maximum Gasteiger partial charge on any atom is 0.307 e. The van der Waals surface area contributed by atoms with Crippen molar-refractivity contribution in [1.29, 1.82) is 0 Å². The Morgan fingerprint density at radius 1 is 1.30 bits per heavy atom. The summed E-state index contributed by atoms with van der Waals surface area (Å²) >= 11 is 0. The number of esters is 1. The number of rotatable bonds is 6. The summed E-state index contributed by atoms with van der Waals surface area (Å²) in [5, 5.41) is 0. The topological polar surface area (TPSA) is 83.5 Å². The van der Waals surface area contributed by atoms with E-state index >= 15 is 0 Å². The Morgan fingerprint density at radius 3 is 2.56 bits per heavy atom. The Labute approximate surface area is 157 Å². The Bertz CT molecular complexity index is 921. The van der Waals surface area contributed by atoms with Gasteiger partial charge in [0.15, 0.2) is 0 Å². The first-order chi connectivity index (χ1) is 12.7. The Morgan fingerprint density at radius 2 is 1.96 bits per heavy atom. The number of ether oxygens (including phenoxy) is 2. The van der Waals surface area contributed by atoms with Gasteiger partial charge in [0.2, 0.25) is 0 Å². The normalized spacial score (nSPS) is 12.0. The van der Waals surface area contributed by atoms with Gasteiger partial charge >= 0.3 is 5.97 Å². The summed E-state index contributed by atoms with van der Waals surface area (Å²) < 4.78 is 26.4. The van der Waals surface area contributed by atoms with Crippen LogP contribution in [-0.4, -0.2) is 24.3 Å². The van der Waals surface area contributed by atoms with Crippen molar-refractivity contribution < 1.29 is 18.7 Å². The molecule has 1 heterocycles. The number of pyridine rings is 1. The molecule has 0 aliphatic rings. The van der Waals surface area contributed by atoms with Gasteiger partial charge in [-0.1, -0.05) is 0 Å². The van der Waals surface area contributed by atoms with Crippen molar-refractivity contribution in [2.75, 3.05) is 13.7 Å². The second-order valence-corrected chi connectivity index (χ2v) is 6.41. The molecule has 1 aromatic heterocycles. The molecule has 0 bridgehead atoms. The number of carbonyl (C=O) groups is 1. The standard InChI is InChI=1S/C20H25FN2O4/c1-6-27-17(24)10-15(22)14-9-13(7-11(2)19(14)21)18-16(26-5)8-12(3)23(4)20(18)25/h7-9,15H,6,10,22H2,1-5H3. The van der Waals surface area contributed by atoms with Gasteiger partial charge in [-0.25, -0.2) is 4.39 Å². The number of benzene rings is 1. The van der Waals surface area contributed by atoms with Crippen molar-refractivity contribution in [3.8, 4) is 16.9 Å². The Kier molecular flexibility index (Phi) is 6.38. The molecule has 0 saturated heterocycles. The van der Waals surface area contributed by atoms with Gasteiger partial charge in [0.25, 0.3) is 5.56 Å². The van der Waals surface area contributed by atoms with Crippen molar-refractivity contribution >= 4 is 5.97 Å². The largest absolute Gasteiger partial charge is 0.496 e. The van der Waals surface area contributed by atoms with Gasteiger partial charge in [0.05, 0.1) is 25.7 Å². The highest BCUT2D eigenvalue weighted by Gasteiger charge is 2.22. The lowest BCUT2D eigenvalue weighted by Gasteiger charge is -2.17. The predicted molar refractivity (Wildman–Crippen MR) is 101 cm³/mol. The van der Waals surface area contributed by atoms with Crippen LogP contribution in [0, 0.1) is 19.7 Å². The first-order valence-corrected chi connectivity index (χ1v) is 8.67. The molecule has 1 aromatic carbocycles. The molecule has 7 heteroatoms. The summed E-state index contributed by atoms with van der Waals surface area (Å²) in [5.74, 6) is -0.610. The van der Waals surface area contributed by atoms with E-state index in [0.717, 1.165) is 5.69 Å². The lowest BCUT2D eigenvalue weighted by molar-refractivity contribution is -0.143. The molecule has 6 nitrogen and oxygen atoms in total. The fourth-order valence-electron chi connectivity index (χ4n) is 2.94. The van der Waals surface area contributed by atoms with Crippen LogP contribution in [0.15, 0.2) is 23.0 Å². The van der Waals surface area contributed by atoms with Gasteiger partial charge < -0.3 is 19.8 Å². The van der Waals surface area contributed by atoms with Gasteiger partial charge in [0.1, 0.15) is 11.6 Å². The smallest absolute Gasteiger partial charge is 0.307 e. The predicted octanol–water partition coefficient (Wildman–Crippen LogP) is 2.77. The van der Waals surface area contributed by atoms with E-state index in [1.807, 2.05) is 0 Å². The first-order valence-electron chi connectivity index (χ1n) is 8.67. The lowest BCUT2D eigenvalue weighted by Crippen LogP contribution is -2.22. The molecule has 2 N–H and O–H groups in total. The molecule has 2 rings (SSSR count). The van der Waals surface area contributed by atoms with Gasteiger partial charge in [-0.05, 0) is 44.0 Å². The summed E-state index contributed by atoms with van der Waals surface area (Å²) in [6.45, 7) is 5.30. The number of aryl methyl sites for hydroxylation is 2. The van der Waals surface area contributed by atoms with Gasteiger partial charge in [-0.3, -0.25) is 9.59 Å². The van der Waals surface area contributed by atoms with Crippen molar-refractivity contribution in [2.45, 2.75) is 33.2 Å². The van der Waals surface area contributed by atoms with Crippen LogP contribution in [-0.2, 0) is 16.6 Å². The Hall–Kier alpha value is -2.67. The lowest BCUT2D eigenvalue weighted by atomic mass is 9.95. The molecular weight excluding hydrogens is 351 g/mol. The highest BCUT2D eigenvalue weighted by molar-refractivity contribution is 5.73. The molecule has 0 aliphatic heterocycles. The summed E-state index contributed by atoms with van der Waals surface area (Å²) in [6.07, 6.45) is -0.156. The fraction of sp³-hybridized carbons (Fsp3) is 0.400. The summed E-state index contributed by atoms with van der Waals surface area (Å²) in [7, 11) is 3.13. The molecule has 0 amide bonds. The molecule has 146 valence electrons. The minimum Gasteiger partial charge on any atom is -0.496 e. The van der Waals surface area contributed by atoms with Crippen LogP contribution in [0.25, 0.3) is 11.1 Å². The van der Waals surface area contributed by atoms with E-state index in [4.69, 9.17) is 15.2 Å². The molecule has 2 aromatic rings. The van der Waals surface area contributed by atoms with Crippen LogP contribution in [0.5, 0.6) is 5.75 Å². The number of aromatic nitrogens is 1. The summed E-state index contributed by atoms with van der Waals surface area (Å²) in [6, 6.07) is 3.93.